The summed E-state index contributed by atoms with van der Waals surface area (Å²) in [6.45, 7) is 4.82. The molecular formula is C17H15N3O6. The quantitative estimate of drug-likeness (QED) is 0.386. The molecule has 0 bridgehead atoms. The zero-order valence-electron chi connectivity index (χ0n) is 14.3. The number of carbonyl (C=O) groups excluding carboxylic acids is 1. The molecule has 1 aromatic carbocycles. The molecule has 0 spiro atoms. The highest BCUT2D eigenvalue weighted by molar-refractivity contribution is 5.92. The number of nitrogens with zero attached hydrogens (tertiary/aromatic N) is 3. The van der Waals surface area contributed by atoms with Crippen LogP contribution in [0.1, 0.15) is 33.3 Å². The van der Waals surface area contributed by atoms with E-state index in [4.69, 9.17) is 13.6 Å². The van der Waals surface area contributed by atoms with Crippen LogP contribution in [0.5, 0.6) is 0 Å². The third kappa shape index (κ3) is 3.32. The van der Waals surface area contributed by atoms with Crippen molar-refractivity contribution in [3.05, 3.63) is 62.9 Å². The summed E-state index contributed by atoms with van der Waals surface area (Å²) >= 11 is 0. The predicted molar refractivity (Wildman–Crippen MR) is 88.4 cm³/mol. The van der Waals surface area contributed by atoms with E-state index in [9.17, 15) is 14.9 Å². The largest absolute Gasteiger partial charge is 0.466 e. The van der Waals surface area contributed by atoms with Crippen molar-refractivity contribution in [3.8, 4) is 11.5 Å². The van der Waals surface area contributed by atoms with Crippen LogP contribution in [0.3, 0.4) is 0 Å². The Kier molecular flexibility index (Phi) is 4.53. The number of furan rings is 1. The first-order valence-corrected chi connectivity index (χ1v) is 7.67. The summed E-state index contributed by atoms with van der Waals surface area (Å²) in [4.78, 5) is 22.6. The Morgan fingerprint density at radius 2 is 2.00 bits per heavy atom. The van der Waals surface area contributed by atoms with Crippen molar-refractivity contribution >= 4 is 11.7 Å². The van der Waals surface area contributed by atoms with Gasteiger partial charge in [0.15, 0.2) is 6.61 Å². The highest BCUT2D eigenvalue weighted by Crippen LogP contribution is 2.26. The fraction of sp³-hybridized carbons (Fsp3) is 0.235. The van der Waals surface area contributed by atoms with Gasteiger partial charge < -0.3 is 13.6 Å². The Morgan fingerprint density at radius 3 is 2.65 bits per heavy atom. The Bertz CT molecular complexity index is 988. The molecule has 9 heteroatoms. The highest BCUT2D eigenvalue weighted by Gasteiger charge is 2.20. The van der Waals surface area contributed by atoms with Crippen LogP contribution < -0.4 is 0 Å². The van der Waals surface area contributed by atoms with Crippen LogP contribution in [0.2, 0.25) is 0 Å². The summed E-state index contributed by atoms with van der Waals surface area (Å²) in [6, 6.07) is 5.98. The fourth-order valence-corrected chi connectivity index (χ4v) is 2.51. The molecule has 0 amide bonds. The SMILES string of the molecule is Cc1cc(-c2nnc(COC(=O)c3cccc([N+](=O)[O-])c3C)o2)c(C)o1. The maximum absolute atomic E-state index is 12.2. The average molecular weight is 357 g/mol. The van der Waals surface area contributed by atoms with Gasteiger partial charge in [-0.15, -0.1) is 10.2 Å². The number of esters is 1. The van der Waals surface area contributed by atoms with E-state index in [1.54, 1.807) is 19.9 Å². The van der Waals surface area contributed by atoms with Gasteiger partial charge in [-0.25, -0.2) is 4.79 Å². The molecule has 2 aromatic heterocycles. The zero-order valence-corrected chi connectivity index (χ0v) is 14.3. The number of hydrogen-bond acceptors (Lipinski definition) is 8. The Hall–Kier alpha value is -3.49. The van der Waals surface area contributed by atoms with Crippen LogP contribution in [0.25, 0.3) is 11.5 Å². The van der Waals surface area contributed by atoms with Gasteiger partial charge in [-0.2, -0.15) is 0 Å². The first-order chi connectivity index (χ1) is 12.4. The highest BCUT2D eigenvalue weighted by atomic mass is 16.6. The summed E-state index contributed by atoms with van der Waals surface area (Å²) in [5, 5.41) is 18.7. The van der Waals surface area contributed by atoms with Gasteiger partial charge in [0, 0.05) is 11.6 Å². The summed E-state index contributed by atoms with van der Waals surface area (Å²) in [7, 11) is 0. The van der Waals surface area contributed by atoms with Crippen LogP contribution in [0.15, 0.2) is 33.1 Å². The lowest BCUT2D eigenvalue weighted by molar-refractivity contribution is -0.385. The van der Waals surface area contributed by atoms with E-state index in [1.165, 1.54) is 25.1 Å². The Labute approximate surface area is 147 Å². The third-order valence-corrected chi connectivity index (χ3v) is 3.79. The number of ether oxygens (including phenoxy) is 1. The second-order valence-electron chi connectivity index (χ2n) is 5.61. The van der Waals surface area contributed by atoms with Crippen LogP contribution in [0.4, 0.5) is 5.69 Å². The minimum absolute atomic E-state index is 0.106. The molecule has 0 aliphatic rings. The van der Waals surface area contributed by atoms with E-state index < -0.39 is 10.9 Å². The number of carbonyl (C=O) groups is 1. The van der Waals surface area contributed by atoms with Crippen molar-refractivity contribution in [2.45, 2.75) is 27.4 Å². The monoisotopic (exact) mass is 357 g/mol. The first-order valence-electron chi connectivity index (χ1n) is 7.67. The van der Waals surface area contributed by atoms with Gasteiger partial charge in [0.1, 0.15) is 11.5 Å². The molecule has 9 nitrogen and oxygen atoms in total. The van der Waals surface area contributed by atoms with Crippen LogP contribution in [0, 0.1) is 30.9 Å². The van der Waals surface area contributed by atoms with Crippen molar-refractivity contribution in [1.29, 1.82) is 0 Å². The van der Waals surface area contributed by atoms with Crippen LogP contribution in [-0.2, 0) is 11.3 Å². The molecule has 0 N–H and O–H groups in total. The lowest BCUT2D eigenvalue weighted by Crippen LogP contribution is -2.08. The molecule has 0 aliphatic carbocycles. The lowest BCUT2D eigenvalue weighted by atomic mass is 10.1. The average Bonchev–Trinajstić information content (AvgIpc) is 3.18. The normalized spacial score (nSPS) is 10.7. The van der Waals surface area contributed by atoms with Crippen molar-refractivity contribution in [1.82, 2.24) is 10.2 Å². The van der Waals surface area contributed by atoms with Crippen molar-refractivity contribution < 1.29 is 23.3 Å². The Balaban J connectivity index is 1.72. The molecule has 0 aliphatic heterocycles. The van der Waals surface area contributed by atoms with Crippen molar-refractivity contribution in [2.75, 3.05) is 0 Å². The van der Waals surface area contributed by atoms with E-state index >= 15 is 0 Å². The maximum atomic E-state index is 12.2. The molecule has 3 rings (SSSR count). The third-order valence-electron chi connectivity index (χ3n) is 3.79. The molecule has 2 heterocycles. The standard InChI is InChI=1S/C17H15N3O6/c1-9-7-13(11(3)25-9)16-19-18-15(26-16)8-24-17(21)12-5-4-6-14(10(12)2)20(22)23/h4-7H,8H2,1-3H3. The second kappa shape index (κ2) is 6.79. The second-order valence-corrected chi connectivity index (χ2v) is 5.61. The van der Waals surface area contributed by atoms with E-state index in [1.807, 2.05) is 0 Å². The van der Waals surface area contributed by atoms with Gasteiger partial charge in [0.2, 0.25) is 0 Å². The number of benzene rings is 1. The molecule has 0 saturated carbocycles. The van der Waals surface area contributed by atoms with Crippen molar-refractivity contribution in [3.63, 3.8) is 0 Å². The van der Waals surface area contributed by atoms with Gasteiger partial charge in [0.05, 0.1) is 16.1 Å². The summed E-state index contributed by atoms with van der Waals surface area (Å²) in [6.07, 6.45) is 0. The van der Waals surface area contributed by atoms with Crippen LogP contribution >= 0.6 is 0 Å². The number of rotatable bonds is 5. The number of nitro groups is 1. The maximum Gasteiger partial charge on any atom is 0.339 e. The fourth-order valence-electron chi connectivity index (χ4n) is 2.51. The molecule has 0 fully saturated rings. The molecular weight excluding hydrogens is 342 g/mol. The molecule has 26 heavy (non-hydrogen) atoms. The number of hydrogen-bond donors (Lipinski definition) is 0. The molecule has 3 aromatic rings. The predicted octanol–water partition coefficient (Wildman–Crippen LogP) is 3.52. The van der Waals surface area contributed by atoms with E-state index in [2.05, 4.69) is 10.2 Å². The minimum atomic E-state index is -0.707. The minimum Gasteiger partial charge on any atom is -0.466 e. The molecule has 134 valence electrons. The van der Waals surface area contributed by atoms with Crippen molar-refractivity contribution in [2.24, 2.45) is 0 Å². The topological polar surface area (TPSA) is 122 Å². The Morgan fingerprint density at radius 1 is 1.23 bits per heavy atom. The van der Waals surface area contributed by atoms with Gasteiger partial charge in [-0.1, -0.05) is 6.07 Å². The zero-order chi connectivity index (χ0) is 18.8. The number of aromatic nitrogens is 2. The van der Waals surface area contributed by atoms with E-state index in [0.29, 0.717) is 17.1 Å². The smallest absolute Gasteiger partial charge is 0.339 e. The van der Waals surface area contributed by atoms with Gasteiger partial charge in [-0.3, -0.25) is 10.1 Å². The summed E-state index contributed by atoms with van der Waals surface area (Å²) in [5.74, 6) is 1.01. The van der Waals surface area contributed by atoms with Gasteiger partial charge >= 0.3 is 5.97 Å². The van der Waals surface area contributed by atoms with Crippen LogP contribution in [-0.4, -0.2) is 21.1 Å². The van der Waals surface area contributed by atoms with E-state index in [-0.39, 0.29) is 35.2 Å². The molecule has 0 saturated heterocycles. The van der Waals surface area contributed by atoms with Gasteiger partial charge in [-0.05, 0) is 32.9 Å². The summed E-state index contributed by atoms with van der Waals surface area (Å²) < 4.78 is 16.0. The van der Waals surface area contributed by atoms with Gasteiger partial charge in [0.25, 0.3) is 17.5 Å². The number of aryl methyl sites for hydroxylation is 2. The molecule has 0 radical (unpaired) electrons. The van der Waals surface area contributed by atoms with E-state index in [0.717, 1.165) is 0 Å². The number of nitro benzene ring substituents is 1. The molecule has 0 atom stereocenters. The first kappa shape index (κ1) is 17.3. The molecule has 0 unspecified atom stereocenters. The summed E-state index contributed by atoms with van der Waals surface area (Å²) in [5.41, 5.74) is 0.867. The lowest BCUT2D eigenvalue weighted by Gasteiger charge is -2.05.